The van der Waals surface area contributed by atoms with E-state index in [1.165, 1.54) is 0 Å². The van der Waals surface area contributed by atoms with E-state index in [1.807, 2.05) is 44.2 Å². The Morgan fingerprint density at radius 3 is 2.37 bits per heavy atom. The van der Waals surface area contributed by atoms with E-state index in [0.717, 1.165) is 51.8 Å². The average Bonchev–Trinajstić information content (AvgIpc) is 2.98. The molecule has 0 radical (unpaired) electrons. The zero-order valence-electron chi connectivity index (χ0n) is 17.7. The van der Waals surface area contributed by atoms with Crippen LogP contribution >= 0.6 is 24.8 Å². The Hall–Kier alpha value is -2.34. The summed E-state index contributed by atoms with van der Waals surface area (Å²) in [6, 6.07) is 14.2. The molecule has 0 unspecified atom stereocenters. The summed E-state index contributed by atoms with van der Waals surface area (Å²) in [5.41, 5.74) is 9.84. The number of hydrogen-bond donors (Lipinski definition) is 2. The van der Waals surface area contributed by atoms with Gasteiger partial charge in [0.25, 0.3) is 0 Å². The molecule has 4 rings (SSSR count). The van der Waals surface area contributed by atoms with Gasteiger partial charge in [-0.2, -0.15) is 0 Å². The van der Waals surface area contributed by atoms with Gasteiger partial charge in [0.15, 0.2) is 11.6 Å². The smallest absolute Gasteiger partial charge is 0.198 e. The lowest BCUT2D eigenvalue weighted by Crippen LogP contribution is -2.34. The van der Waals surface area contributed by atoms with Crippen LogP contribution in [0.25, 0.3) is 33.5 Å². The summed E-state index contributed by atoms with van der Waals surface area (Å²) in [5.74, 6) is 2.13. The summed E-state index contributed by atoms with van der Waals surface area (Å²) in [6.45, 7) is 8.91. The highest BCUT2D eigenvalue weighted by molar-refractivity contribution is 5.93. The number of nitrogens with two attached hydrogens (primary N) is 1. The molecule has 3 N–H and O–H groups in total. The number of benzene rings is 2. The first-order valence-corrected chi connectivity index (χ1v) is 9.62. The standard InChI is InChI=1S/C23H26N4O.2ClH/c1-14-8-7-10-17-19(14)26-22(27-21(17)25-13-12-23(3,4)24)20-15(2)16-9-5-6-11-18(16)28-20;;/h5-11H,12-13,24H2,1-4H3,(H,25,26,27);2*1H. The fraction of sp³-hybridized carbons (Fsp3) is 0.304. The molecule has 0 aliphatic carbocycles. The van der Waals surface area contributed by atoms with E-state index in [4.69, 9.17) is 20.1 Å². The summed E-state index contributed by atoms with van der Waals surface area (Å²) < 4.78 is 6.11. The van der Waals surface area contributed by atoms with Gasteiger partial charge < -0.3 is 15.5 Å². The second kappa shape index (κ2) is 9.21. The first kappa shape index (κ1) is 23.9. The third-order valence-corrected chi connectivity index (χ3v) is 5.04. The van der Waals surface area contributed by atoms with Crippen LogP contribution in [0, 0.1) is 13.8 Å². The van der Waals surface area contributed by atoms with Crippen LogP contribution in [0.15, 0.2) is 46.9 Å². The van der Waals surface area contributed by atoms with Gasteiger partial charge >= 0.3 is 0 Å². The van der Waals surface area contributed by atoms with Gasteiger partial charge in [0.1, 0.15) is 11.4 Å². The molecule has 0 spiro atoms. The van der Waals surface area contributed by atoms with Gasteiger partial charge in [-0.15, -0.1) is 24.8 Å². The first-order valence-electron chi connectivity index (χ1n) is 9.62. The third-order valence-electron chi connectivity index (χ3n) is 5.04. The number of para-hydroxylation sites is 2. The van der Waals surface area contributed by atoms with E-state index in [9.17, 15) is 0 Å². The Balaban J connectivity index is 0.00000160. The van der Waals surface area contributed by atoms with Gasteiger partial charge in [0, 0.05) is 28.4 Å². The quantitative estimate of drug-likeness (QED) is 0.390. The summed E-state index contributed by atoms with van der Waals surface area (Å²) >= 11 is 0. The van der Waals surface area contributed by atoms with Crippen LogP contribution in [0.2, 0.25) is 0 Å². The molecule has 0 aliphatic rings. The number of aryl methyl sites for hydroxylation is 2. The predicted molar refractivity (Wildman–Crippen MR) is 130 cm³/mol. The predicted octanol–water partition coefficient (Wildman–Crippen LogP) is 6.04. The molecule has 0 saturated carbocycles. The van der Waals surface area contributed by atoms with Crippen LogP contribution in [-0.4, -0.2) is 22.1 Å². The fourth-order valence-corrected chi connectivity index (χ4v) is 3.42. The van der Waals surface area contributed by atoms with E-state index in [0.29, 0.717) is 11.6 Å². The van der Waals surface area contributed by atoms with Crippen molar-refractivity contribution in [3.8, 4) is 11.6 Å². The van der Waals surface area contributed by atoms with Crippen LogP contribution in [0.4, 0.5) is 5.82 Å². The Morgan fingerprint density at radius 1 is 0.967 bits per heavy atom. The van der Waals surface area contributed by atoms with Gasteiger partial charge in [-0.1, -0.05) is 30.3 Å². The minimum Gasteiger partial charge on any atom is -0.452 e. The molecule has 0 atom stereocenters. The van der Waals surface area contributed by atoms with Crippen LogP contribution in [0.3, 0.4) is 0 Å². The van der Waals surface area contributed by atoms with Crippen molar-refractivity contribution in [3.05, 3.63) is 53.6 Å². The van der Waals surface area contributed by atoms with Gasteiger partial charge in [-0.05, 0) is 51.8 Å². The Morgan fingerprint density at radius 2 is 1.67 bits per heavy atom. The third kappa shape index (κ3) is 4.69. The van der Waals surface area contributed by atoms with Crippen molar-refractivity contribution in [2.75, 3.05) is 11.9 Å². The molecular weight excluding hydrogens is 419 g/mol. The molecule has 5 nitrogen and oxygen atoms in total. The minimum atomic E-state index is -0.232. The number of nitrogens with one attached hydrogen (secondary N) is 1. The maximum atomic E-state index is 6.13. The van der Waals surface area contributed by atoms with E-state index >= 15 is 0 Å². The van der Waals surface area contributed by atoms with E-state index < -0.39 is 0 Å². The van der Waals surface area contributed by atoms with Crippen molar-refractivity contribution in [3.63, 3.8) is 0 Å². The van der Waals surface area contributed by atoms with Crippen molar-refractivity contribution < 1.29 is 4.42 Å². The Labute approximate surface area is 189 Å². The minimum absolute atomic E-state index is 0. The molecule has 30 heavy (non-hydrogen) atoms. The number of hydrogen-bond acceptors (Lipinski definition) is 5. The molecule has 2 aromatic heterocycles. The number of fused-ring (bicyclic) bond motifs is 2. The van der Waals surface area contributed by atoms with Gasteiger partial charge in [0.05, 0.1) is 5.52 Å². The lowest BCUT2D eigenvalue weighted by Gasteiger charge is -2.19. The highest BCUT2D eigenvalue weighted by Crippen LogP contribution is 2.33. The monoisotopic (exact) mass is 446 g/mol. The van der Waals surface area contributed by atoms with Gasteiger partial charge in [0.2, 0.25) is 0 Å². The number of nitrogens with zero attached hydrogens (tertiary/aromatic N) is 2. The van der Waals surface area contributed by atoms with E-state index in [1.54, 1.807) is 0 Å². The molecule has 0 bridgehead atoms. The van der Waals surface area contributed by atoms with Gasteiger partial charge in [-0.3, -0.25) is 0 Å². The number of rotatable bonds is 5. The van der Waals surface area contributed by atoms with E-state index in [2.05, 4.69) is 31.3 Å². The maximum absolute atomic E-state index is 6.13. The summed E-state index contributed by atoms with van der Waals surface area (Å²) in [4.78, 5) is 9.68. The Kier molecular flexibility index (Phi) is 7.35. The number of halogens is 2. The fourth-order valence-electron chi connectivity index (χ4n) is 3.42. The molecule has 4 aromatic rings. The normalized spacial score (nSPS) is 11.2. The molecule has 160 valence electrons. The molecule has 0 aliphatic heterocycles. The zero-order chi connectivity index (χ0) is 19.9. The number of furan rings is 1. The van der Waals surface area contributed by atoms with Crippen LogP contribution in [0.5, 0.6) is 0 Å². The first-order chi connectivity index (χ1) is 13.3. The summed E-state index contributed by atoms with van der Waals surface area (Å²) in [6.07, 6.45) is 0.837. The molecular formula is C23H28Cl2N4O. The molecule has 7 heteroatoms. The summed E-state index contributed by atoms with van der Waals surface area (Å²) in [5, 5.41) is 5.56. The topological polar surface area (TPSA) is 77.0 Å². The molecule has 2 aromatic carbocycles. The Bertz CT molecular complexity index is 1170. The van der Waals surface area contributed by atoms with Gasteiger partial charge in [-0.25, -0.2) is 9.97 Å². The number of anilines is 1. The van der Waals surface area contributed by atoms with E-state index in [-0.39, 0.29) is 30.4 Å². The maximum Gasteiger partial charge on any atom is 0.198 e. The van der Waals surface area contributed by atoms with Crippen molar-refractivity contribution in [1.82, 2.24) is 9.97 Å². The second-order valence-electron chi connectivity index (χ2n) is 8.08. The molecule has 0 amide bonds. The van der Waals surface area contributed by atoms with Crippen LogP contribution < -0.4 is 11.1 Å². The number of aromatic nitrogens is 2. The lowest BCUT2D eigenvalue weighted by atomic mass is 10.0. The average molecular weight is 447 g/mol. The molecule has 0 saturated heterocycles. The summed E-state index contributed by atoms with van der Waals surface area (Å²) in [7, 11) is 0. The highest BCUT2D eigenvalue weighted by atomic mass is 35.5. The SMILES string of the molecule is Cc1c(-c2nc(NCCC(C)(C)N)c3cccc(C)c3n2)oc2ccccc12.Cl.Cl. The van der Waals surface area contributed by atoms with Crippen LogP contribution in [-0.2, 0) is 0 Å². The lowest BCUT2D eigenvalue weighted by molar-refractivity contribution is 0.490. The second-order valence-corrected chi connectivity index (χ2v) is 8.08. The van der Waals surface area contributed by atoms with Crippen LogP contribution in [0.1, 0.15) is 31.4 Å². The van der Waals surface area contributed by atoms with Crippen molar-refractivity contribution in [1.29, 1.82) is 0 Å². The highest BCUT2D eigenvalue weighted by Gasteiger charge is 2.18. The largest absolute Gasteiger partial charge is 0.452 e. The molecule has 2 heterocycles. The molecule has 0 fully saturated rings. The van der Waals surface area contributed by atoms with Crippen molar-refractivity contribution in [2.24, 2.45) is 5.73 Å². The van der Waals surface area contributed by atoms with Crippen molar-refractivity contribution >= 4 is 52.5 Å². The zero-order valence-corrected chi connectivity index (χ0v) is 19.3. The van der Waals surface area contributed by atoms with Crippen molar-refractivity contribution in [2.45, 2.75) is 39.7 Å².